The van der Waals surface area contributed by atoms with Crippen molar-refractivity contribution in [2.45, 2.75) is 25.4 Å². The number of rotatable bonds is 5. The molecular formula is C12H18BrNO. The van der Waals surface area contributed by atoms with Crippen molar-refractivity contribution in [1.29, 1.82) is 0 Å². The molecule has 0 saturated heterocycles. The van der Waals surface area contributed by atoms with E-state index in [0.29, 0.717) is 12.5 Å². The van der Waals surface area contributed by atoms with Crippen molar-refractivity contribution in [1.82, 2.24) is 0 Å². The number of benzene rings is 1. The summed E-state index contributed by atoms with van der Waals surface area (Å²) in [6.45, 7) is 2.72. The zero-order valence-corrected chi connectivity index (χ0v) is 10.8. The predicted octanol–water partition coefficient (Wildman–Crippen LogP) is 2.92. The second-order valence-electron chi connectivity index (χ2n) is 3.74. The SMILES string of the molecule is COC(C)CC(CN)c1ccccc1Br. The Morgan fingerprint density at radius 2 is 2.07 bits per heavy atom. The van der Waals surface area contributed by atoms with Crippen molar-refractivity contribution in [2.75, 3.05) is 13.7 Å². The van der Waals surface area contributed by atoms with Gasteiger partial charge >= 0.3 is 0 Å². The second-order valence-corrected chi connectivity index (χ2v) is 4.59. The van der Waals surface area contributed by atoms with Crippen molar-refractivity contribution in [3.8, 4) is 0 Å². The maximum absolute atomic E-state index is 5.80. The molecule has 0 radical (unpaired) electrons. The highest BCUT2D eigenvalue weighted by Gasteiger charge is 2.15. The van der Waals surface area contributed by atoms with Gasteiger partial charge in [-0.05, 0) is 37.4 Å². The fraction of sp³-hybridized carbons (Fsp3) is 0.500. The standard InChI is InChI=1S/C12H18BrNO/c1-9(15-2)7-10(8-14)11-5-3-4-6-12(11)13/h3-6,9-10H,7-8,14H2,1-2H3. The lowest BCUT2D eigenvalue weighted by molar-refractivity contribution is 0.105. The van der Waals surface area contributed by atoms with Crippen molar-refractivity contribution < 1.29 is 4.74 Å². The van der Waals surface area contributed by atoms with E-state index in [2.05, 4.69) is 35.0 Å². The zero-order chi connectivity index (χ0) is 11.3. The lowest BCUT2D eigenvalue weighted by atomic mass is 9.93. The largest absolute Gasteiger partial charge is 0.382 e. The Labute approximate surface area is 99.9 Å². The van der Waals surface area contributed by atoms with Crippen molar-refractivity contribution in [3.05, 3.63) is 34.3 Å². The first-order valence-corrected chi connectivity index (χ1v) is 5.95. The molecular weight excluding hydrogens is 254 g/mol. The molecule has 2 unspecified atom stereocenters. The molecule has 0 fully saturated rings. The minimum Gasteiger partial charge on any atom is -0.382 e. The van der Waals surface area contributed by atoms with Crippen LogP contribution in [0.15, 0.2) is 28.7 Å². The average molecular weight is 272 g/mol. The van der Waals surface area contributed by atoms with Crippen LogP contribution in [-0.2, 0) is 4.74 Å². The molecule has 2 nitrogen and oxygen atoms in total. The molecule has 0 heterocycles. The van der Waals surface area contributed by atoms with E-state index in [9.17, 15) is 0 Å². The molecule has 3 heteroatoms. The van der Waals surface area contributed by atoms with Gasteiger partial charge in [0, 0.05) is 11.6 Å². The number of methoxy groups -OCH3 is 1. The van der Waals surface area contributed by atoms with Crippen LogP contribution in [0.2, 0.25) is 0 Å². The third kappa shape index (κ3) is 3.59. The highest BCUT2D eigenvalue weighted by Crippen LogP contribution is 2.27. The smallest absolute Gasteiger partial charge is 0.0549 e. The fourth-order valence-corrected chi connectivity index (χ4v) is 2.26. The second kappa shape index (κ2) is 6.26. The number of hydrogen-bond acceptors (Lipinski definition) is 2. The van der Waals surface area contributed by atoms with E-state index >= 15 is 0 Å². The molecule has 0 aliphatic carbocycles. The average Bonchev–Trinajstić information content (AvgIpc) is 2.26. The van der Waals surface area contributed by atoms with Gasteiger partial charge in [-0.15, -0.1) is 0 Å². The van der Waals surface area contributed by atoms with Gasteiger partial charge in [-0.25, -0.2) is 0 Å². The fourth-order valence-electron chi connectivity index (χ4n) is 1.65. The Bertz CT molecular complexity index is 303. The van der Waals surface area contributed by atoms with Gasteiger partial charge in [-0.3, -0.25) is 0 Å². The molecule has 0 spiro atoms. The highest BCUT2D eigenvalue weighted by atomic mass is 79.9. The molecule has 0 aromatic heterocycles. The summed E-state index contributed by atoms with van der Waals surface area (Å²) in [6.07, 6.45) is 1.20. The molecule has 84 valence electrons. The van der Waals surface area contributed by atoms with Gasteiger partial charge in [0.1, 0.15) is 0 Å². The normalized spacial score (nSPS) is 14.9. The molecule has 0 aliphatic rings. The summed E-state index contributed by atoms with van der Waals surface area (Å²) in [5, 5.41) is 0. The monoisotopic (exact) mass is 271 g/mol. The van der Waals surface area contributed by atoms with E-state index in [-0.39, 0.29) is 6.10 Å². The van der Waals surface area contributed by atoms with Gasteiger partial charge in [0.15, 0.2) is 0 Å². The number of nitrogens with two attached hydrogens (primary N) is 1. The lowest BCUT2D eigenvalue weighted by Gasteiger charge is -2.20. The van der Waals surface area contributed by atoms with E-state index in [1.165, 1.54) is 5.56 Å². The van der Waals surface area contributed by atoms with E-state index in [0.717, 1.165) is 10.9 Å². The van der Waals surface area contributed by atoms with Crippen molar-refractivity contribution in [2.24, 2.45) is 5.73 Å². The van der Waals surface area contributed by atoms with Crippen LogP contribution in [0.1, 0.15) is 24.8 Å². The Morgan fingerprint density at radius 1 is 1.40 bits per heavy atom. The maximum Gasteiger partial charge on any atom is 0.0549 e. The summed E-state index contributed by atoms with van der Waals surface area (Å²) in [4.78, 5) is 0. The van der Waals surface area contributed by atoms with Crippen LogP contribution in [0.5, 0.6) is 0 Å². The summed E-state index contributed by atoms with van der Waals surface area (Å²) in [7, 11) is 1.73. The van der Waals surface area contributed by atoms with E-state index in [1.807, 2.05) is 12.1 Å². The maximum atomic E-state index is 5.80. The first-order chi connectivity index (χ1) is 7.19. The molecule has 2 N–H and O–H groups in total. The van der Waals surface area contributed by atoms with Gasteiger partial charge < -0.3 is 10.5 Å². The van der Waals surface area contributed by atoms with E-state index in [1.54, 1.807) is 7.11 Å². The molecule has 1 aromatic rings. The number of halogens is 1. The Morgan fingerprint density at radius 3 is 2.60 bits per heavy atom. The summed E-state index contributed by atoms with van der Waals surface area (Å²) in [5.41, 5.74) is 7.07. The van der Waals surface area contributed by atoms with Crippen LogP contribution in [-0.4, -0.2) is 19.8 Å². The van der Waals surface area contributed by atoms with Gasteiger partial charge in [0.05, 0.1) is 6.10 Å². The van der Waals surface area contributed by atoms with Crippen molar-refractivity contribution in [3.63, 3.8) is 0 Å². The van der Waals surface area contributed by atoms with Crippen LogP contribution in [0.4, 0.5) is 0 Å². The predicted molar refractivity (Wildman–Crippen MR) is 67.0 cm³/mol. The molecule has 15 heavy (non-hydrogen) atoms. The first kappa shape index (κ1) is 12.7. The van der Waals surface area contributed by atoms with Gasteiger partial charge in [-0.2, -0.15) is 0 Å². The summed E-state index contributed by atoms with van der Waals surface area (Å²) in [6, 6.07) is 8.22. The lowest BCUT2D eigenvalue weighted by Crippen LogP contribution is -2.19. The quantitative estimate of drug-likeness (QED) is 0.894. The van der Waals surface area contributed by atoms with Crippen LogP contribution in [0.3, 0.4) is 0 Å². The van der Waals surface area contributed by atoms with E-state index in [4.69, 9.17) is 10.5 Å². The molecule has 0 saturated carbocycles. The number of ether oxygens (including phenoxy) is 1. The third-order valence-electron chi connectivity index (χ3n) is 2.65. The topological polar surface area (TPSA) is 35.2 Å². The Kier molecular flexibility index (Phi) is 5.29. The van der Waals surface area contributed by atoms with Gasteiger partial charge in [0.25, 0.3) is 0 Å². The Hall–Kier alpha value is -0.380. The zero-order valence-electron chi connectivity index (χ0n) is 9.24. The van der Waals surface area contributed by atoms with Crippen molar-refractivity contribution >= 4 is 15.9 Å². The van der Waals surface area contributed by atoms with E-state index < -0.39 is 0 Å². The van der Waals surface area contributed by atoms with Gasteiger partial charge in [-0.1, -0.05) is 34.1 Å². The molecule has 1 aromatic carbocycles. The molecule has 0 aliphatic heterocycles. The number of hydrogen-bond donors (Lipinski definition) is 1. The molecule has 1 rings (SSSR count). The first-order valence-electron chi connectivity index (χ1n) is 5.16. The summed E-state index contributed by atoms with van der Waals surface area (Å²) < 4.78 is 6.40. The highest BCUT2D eigenvalue weighted by molar-refractivity contribution is 9.10. The minimum atomic E-state index is 0.241. The van der Waals surface area contributed by atoms with Crippen LogP contribution in [0.25, 0.3) is 0 Å². The summed E-state index contributed by atoms with van der Waals surface area (Å²) >= 11 is 3.55. The molecule has 0 amide bonds. The van der Waals surface area contributed by atoms with Crippen LogP contribution < -0.4 is 5.73 Å². The third-order valence-corrected chi connectivity index (χ3v) is 3.37. The minimum absolute atomic E-state index is 0.241. The van der Waals surface area contributed by atoms with Crippen LogP contribution in [0, 0.1) is 0 Å². The molecule has 2 atom stereocenters. The van der Waals surface area contributed by atoms with Crippen LogP contribution >= 0.6 is 15.9 Å². The summed E-state index contributed by atoms with van der Waals surface area (Å²) in [5.74, 6) is 0.357. The van der Waals surface area contributed by atoms with Gasteiger partial charge in [0.2, 0.25) is 0 Å². The Balaban J connectivity index is 2.78. The molecule has 0 bridgehead atoms.